The van der Waals surface area contributed by atoms with Gasteiger partial charge in [-0.1, -0.05) is 42.1 Å². The van der Waals surface area contributed by atoms with Crippen LogP contribution in [0.25, 0.3) is 20.7 Å². The summed E-state index contributed by atoms with van der Waals surface area (Å²) in [6.07, 6.45) is 0.728. The average molecular weight is 490 g/mol. The summed E-state index contributed by atoms with van der Waals surface area (Å²) in [7, 11) is 1.64. The quantitative estimate of drug-likeness (QED) is 0.303. The number of nitrogens with zero attached hydrogens (tertiary/aromatic N) is 4. The second-order valence-corrected chi connectivity index (χ2v) is 9.65. The van der Waals surface area contributed by atoms with Crippen LogP contribution in [0.2, 0.25) is 0 Å². The van der Waals surface area contributed by atoms with Crippen molar-refractivity contribution in [2.45, 2.75) is 30.8 Å². The Bertz CT molecular complexity index is 1470. The molecule has 9 heteroatoms. The molecule has 0 aliphatic heterocycles. The molecule has 0 saturated heterocycles. The molecule has 1 N–H and O–H groups in total. The van der Waals surface area contributed by atoms with Crippen molar-refractivity contribution in [2.24, 2.45) is 0 Å². The summed E-state index contributed by atoms with van der Waals surface area (Å²) >= 11 is 2.97. The Balaban J connectivity index is 1.35. The number of H-pyrrole nitrogens is 1. The zero-order valence-corrected chi connectivity index (χ0v) is 20.4. The maximum absolute atomic E-state index is 12.7. The van der Waals surface area contributed by atoms with Gasteiger partial charge in [0.05, 0.1) is 18.4 Å². The molecule has 5 rings (SSSR count). The number of hydrogen-bond acceptors (Lipinski definition) is 7. The molecule has 0 amide bonds. The second-order valence-electron chi connectivity index (χ2n) is 7.66. The van der Waals surface area contributed by atoms with Gasteiger partial charge in [0.25, 0.3) is 5.56 Å². The predicted octanol–water partition coefficient (Wildman–Crippen LogP) is 5.15. The highest BCUT2D eigenvalue weighted by atomic mass is 32.2. The van der Waals surface area contributed by atoms with Crippen LogP contribution in [0.5, 0.6) is 5.75 Å². The lowest BCUT2D eigenvalue weighted by molar-refractivity contribution is 0.415. The van der Waals surface area contributed by atoms with E-state index in [-0.39, 0.29) is 5.56 Å². The lowest BCUT2D eigenvalue weighted by Crippen LogP contribution is -2.10. The first-order valence-electron chi connectivity index (χ1n) is 10.9. The second kappa shape index (κ2) is 9.82. The van der Waals surface area contributed by atoms with Gasteiger partial charge < -0.3 is 14.3 Å². The number of benzene rings is 2. The number of fused-ring (bicyclic) bond motifs is 1. The van der Waals surface area contributed by atoms with Gasteiger partial charge >= 0.3 is 0 Å². The van der Waals surface area contributed by atoms with Gasteiger partial charge in [-0.3, -0.25) is 4.79 Å². The molecule has 0 fully saturated rings. The molecule has 0 radical (unpaired) electrons. The number of hydrogen-bond donors (Lipinski definition) is 1. The molecule has 0 bridgehead atoms. The molecule has 0 saturated carbocycles. The van der Waals surface area contributed by atoms with Crippen molar-refractivity contribution in [3.8, 4) is 16.2 Å². The van der Waals surface area contributed by atoms with E-state index in [1.165, 1.54) is 28.7 Å². The van der Waals surface area contributed by atoms with E-state index in [0.29, 0.717) is 21.8 Å². The molecule has 0 aliphatic carbocycles. The van der Waals surface area contributed by atoms with E-state index >= 15 is 0 Å². The van der Waals surface area contributed by atoms with Crippen molar-refractivity contribution < 1.29 is 4.74 Å². The lowest BCUT2D eigenvalue weighted by atomic mass is 10.1. The highest BCUT2D eigenvalue weighted by Gasteiger charge is 2.14. The Kier molecular flexibility index (Phi) is 6.46. The van der Waals surface area contributed by atoms with Crippen LogP contribution in [0.1, 0.15) is 24.1 Å². The van der Waals surface area contributed by atoms with Crippen LogP contribution < -0.4 is 10.3 Å². The Hall–Kier alpha value is -3.43. The molecule has 34 heavy (non-hydrogen) atoms. The van der Waals surface area contributed by atoms with Crippen LogP contribution in [0.3, 0.4) is 0 Å². The molecule has 2 aromatic carbocycles. The highest BCUT2D eigenvalue weighted by Crippen LogP contribution is 2.32. The van der Waals surface area contributed by atoms with E-state index in [9.17, 15) is 4.79 Å². The number of thiophene rings is 1. The molecule has 0 aliphatic rings. The highest BCUT2D eigenvalue weighted by molar-refractivity contribution is 7.98. The van der Waals surface area contributed by atoms with Crippen molar-refractivity contribution in [1.82, 2.24) is 24.7 Å². The maximum atomic E-state index is 12.7. The summed E-state index contributed by atoms with van der Waals surface area (Å²) in [5.41, 5.74) is 2.81. The number of aromatic nitrogens is 5. The van der Waals surface area contributed by atoms with E-state index < -0.39 is 0 Å². The summed E-state index contributed by atoms with van der Waals surface area (Å²) in [6.45, 7) is 2.86. The van der Waals surface area contributed by atoms with Crippen molar-refractivity contribution >= 4 is 33.3 Å². The lowest BCUT2D eigenvalue weighted by Gasteiger charge is -2.07. The molecule has 0 spiro atoms. The van der Waals surface area contributed by atoms with Crippen molar-refractivity contribution in [3.05, 3.63) is 88.2 Å². The van der Waals surface area contributed by atoms with Crippen molar-refractivity contribution in [2.75, 3.05) is 7.11 Å². The van der Waals surface area contributed by atoms with Crippen molar-refractivity contribution in [1.29, 1.82) is 0 Å². The molecule has 5 aromatic rings. The number of ether oxygens (including phenoxy) is 1. The largest absolute Gasteiger partial charge is 0.497 e. The van der Waals surface area contributed by atoms with Gasteiger partial charge in [0.15, 0.2) is 5.16 Å². The summed E-state index contributed by atoms with van der Waals surface area (Å²) in [4.78, 5) is 21.4. The number of nitrogens with one attached hydrogen (secondary N) is 1. The first-order valence-corrected chi connectivity index (χ1v) is 12.7. The van der Waals surface area contributed by atoms with Gasteiger partial charge in [-0.2, -0.15) is 0 Å². The molecule has 3 aromatic heterocycles. The van der Waals surface area contributed by atoms with Crippen LogP contribution >= 0.6 is 23.1 Å². The van der Waals surface area contributed by atoms with Gasteiger partial charge in [0.2, 0.25) is 0 Å². The van der Waals surface area contributed by atoms with Gasteiger partial charge in [-0.15, -0.1) is 21.5 Å². The van der Waals surface area contributed by atoms with E-state index in [4.69, 9.17) is 9.72 Å². The molecule has 7 nitrogen and oxygen atoms in total. The third kappa shape index (κ3) is 4.62. The fraction of sp³-hybridized carbons (Fsp3) is 0.200. The number of thioether (sulfide) groups is 1. The van der Waals surface area contributed by atoms with E-state index in [1.807, 2.05) is 48.5 Å². The van der Waals surface area contributed by atoms with E-state index in [0.717, 1.165) is 40.1 Å². The number of rotatable bonds is 8. The topological polar surface area (TPSA) is 85.7 Å². The molecular weight excluding hydrogens is 466 g/mol. The van der Waals surface area contributed by atoms with E-state index in [2.05, 4.69) is 38.8 Å². The number of aromatic amines is 1. The number of methoxy groups -OCH3 is 1. The molecule has 0 atom stereocenters. The first kappa shape index (κ1) is 22.4. The van der Waals surface area contributed by atoms with Gasteiger partial charge in [0, 0.05) is 17.8 Å². The normalized spacial score (nSPS) is 11.2. The fourth-order valence-corrected chi connectivity index (χ4v) is 5.63. The molecule has 0 unspecified atom stereocenters. The minimum Gasteiger partial charge on any atom is -0.497 e. The van der Waals surface area contributed by atoms with Crippen LogP contribution in [-0.2, 0) is 18.7 Å². The molecule has 3 heterocycles. The zero-order valence-electron chi connectivity index (χ0n) is 18.8. The fourth-order valence-electron chi connectivity index (χ4n) is 3.74. The van der Waals surface area contributed by atoms with Gasteiger partial charge in [0.1, 0.15) is 22.1 Å². The van der Waals surface area contributed by atoms with Gasteiger partial charge in [-0.25, -0.2) is 4.98 Å². The summed E-state index contributed by atoms with van der Waals surface area (Å²) in [5, 5.41) is 9.61. The van der Waals surface area contributed by atoms with Crippen LogP contribution in [-0.4, -0.2) is 31.8 Å². The van der Waals surface area contributed by atoms with Crippen LogP contribution in [0, 0.1) is 0 Å². The first-order chi connectivity index (χ1) is 16.6. The maximum Gasteiger partial charge on any atom is 0.268 e. The minimum absolute atomic E-state index is 0.118. The Morgan fingerprint density at radius 3 is 2.62 bits per heavy atom. The summed E-state index contributed by atoms with van der Waals surface area (Å²) in [5.74, 6) is 2.85. The third-order valence-electron chi connectivity index (χ3n) is 5.46. The summed E-state index contributed by atoms with van der Waals surface area (Å²) in [6, 6.07) is 20.0. The zero-order chi connectivity index (χ0) is 23.5. The average Bonchev–Trinajstić information content (AvgIpc) is 3.47. The Labute approximate surface area is 204 Å². The summed E-state index contributed by atoms with van der Waals surface area (Å²) < 4.78 is 7.97. The molecule has 172 valence electrons. The Morgan fingerprint density at radius 2 is 1.88 bits per heavy atom. The standard InChI is InChI=1S/C25H23N5O2S2/c1-3-30-22(13-16-7-5-4-6-8-16)28-29-25(30)33-15-21-26-19-14-20(34-23(19)24(31)27-21)17-9-11-18(32-2)12-10-17/h4-12,14H,3,13,15H2,1-2H3,(H,26,27,31). The minimum atomic E-state index is -0.118. The Morgan fingerprint density at radius 1 is 1.09 bits per heavy atom. The van der Waals surface area contributed by atoms with Crippen LogP contribution in [0.4, 0.5) is 0 Å². The molecular formula is C25H23N5O2S2. The predicted molar refractivity (Wildman–Crippen MR) is 137 cm³/mol. The van der Waals surface area contributed by atoms with Gasteiger partial charge in [-0.05, 0) is 48.4 Å². The monoisotopic (exact) mass is 489 g/mol. The van der Waals surface area contributed by atoms with Crippen molar-refractivity contribution in [3.63, 3.8) is 0 Å². The smallest absolute Gasteiger partial charge is 0.268 e. The third-order valence-corrected chi connectivity index (χ3v) is 7.61. The SMILES string of the molecule is CCn1c(Cc2ccccc2)nnc1SCc1nc2cc(-c3ccc(OC)cc3)sc2c(=O)[nH]1. The van der Waals surface area contributed by atoms with E-state index in [1.54, 1.807) is 7.11 Å². The van der Waals surface area contributed by atoms with Crippen LogP contribution in [0.15, 0.2) is 70.6 Å².